The van der Waals surface area contributed by atoms with Crippen LogP contribution >= 0.6 is 23.2 Å². The zero-order valence-electron chi connectivity index (χ0n) is 14.9. The van der Waals surface area contributed by atoms with Crippen molar-refractivity contribution in [3.05, 3.63) is 57.6 Å². The van der Waals surface area contributed by atoms with Crippen molar-refractivity contribution in [2.45, 2.75) is 26.8 Å². The highest BCUT2D eigenvalue weighted by molar-refractivity contribution is 7.92. The Labute approximate surface area is 164 Å². The number of hydrogen-bond acceptors (Lipinski definition) is 3. The Hall–Kier alpha value is -1.76. The Kier molecular flexibility index (Phi) is 6.21. The highest BCUT2D eigenvalue weighted by Crippen LogP contribution is 2.30. The number of sulfonamides is 1. The highest BCUT2D eigenvalue weighted by Gasteiger charge is 2.29. The van der Waals surface area contributed by atoms with E-state index in [4.69, 9.17) is 23.2 Å². The van der Waals surface area contributed by atoms with E-state index in [1.54, 1.807) is 30.3 Å². The predicted molar refractivity (Wildman–Crippen MR) is 108 cm³/mol. The molecule has 8 heteroatoms. The molecule has 1 amide bonds. The summed E-state index contributed by atoms with van der Waals surface area (Å²) in [4.78, 5) is 12.7. The summed E-state index contributed by atoms with van der Waals surface area (Å²) >= 11 is 12.0. The van der Waals surface area contributed by atoms with E-state index in [-0.39, 0.29) is 5.02 Å². The van der Waals surface area contributed by atoms with Crippen molar-refractivity contribution in [3.8, 4) is 0 Å². The molecule has 0 spiro atoms. The number of nitrogens with one attached hydrogen (secondary N) is 1. The van der Waals surface area contributed by atoms with Gasteiger partial charge in [-0.05, 0) is 56.2 Å². The van der Waals surface area contributed by atoms with E-state index in [0.717, 1.165) is 21.7 Å². The maximum Gasteiger partial charge on any atom is 0.248 e. The van der Waals surface area contributed by atoms with E-state index in [2.05, 4.69) is 5.32 Å². The molecule has 0 bridgehead atoms. The first-order chi connectivity index (χ1) is 12.0. The molecule has 26 heavy (non-hydrogen) atoms. The SMILES string of the molecule is Cc1cc(C)cc(N([C@@H](C)C(=O)Nc2cccc(Cl)c2Cl)S(C)(=O)=O)c1. The number of nitrogens with zero attached hydrogens (tertiary/aromatic N) is 1. The van der Waals surface area contributed by atoms with Gasteiger partial charge in [-0.1, -0.05) is 35.3 Å². The van der Waals surface area contributed by atoms with Crippen molar-refractivity contribution in [1.29, 1.82) is 0 Å². The molecule has 0 heterocycles. The molecule has 0 aliphatic rings. The topological polar surface area (TPSA) is 66.5 Å². The zero-order valence-corrected chi connectivity index (χ0v) is 17.2. The molecule has 5 nitrogen and oxygen atoms in total. The normalized spacial score (nSPS) is 12.5. The minimum absolute atomic E-state index is 0.201. The number of carbonyl (C=O) groups is 1. The van der Waals surface area contributed by atoms with Crippen LogP contribution in [0.2, 0.25) is 10.0 Å². The van der Waals surface area contributed by atoms with Gasteiger partial charge in [0.1, 0.15) is 6.04 Å². The van der Waals surface area contributed by atoms with E-state index >= 15 is 0 Å². The van der Waals surface area contributed by atoms with Gasteiger partial charge in [-0.25, -0.2) is 8.42 Å². The third kappa shape index (κ3) is 4.69. The van der Waals surface area contributed by atoms with Gasteiger partial charge in [0.25, 0.3) is 0 Å². The molecule has 140 valence electrons. The molecule has 0 unspecified atom stereocenters. The van der Waals surface area contributed by atoms with Gasteiger partial charge in [0.2, 0.25) is 15.9 Å². The molecule has 1 atom stereocenters. The van der Waals surface area contributed by atoms with Gasteiger partial charge in [-0.3, -0.25) is 9.10 Å². The molecule has 1 N–H and O–H groups in total. The Morgan fingerprint density at radius 2 is 1.69 bits per heavy atom. The van der Waals surface area contributed by atoms with Crippen LogP contribution < -0.4 is 9.62 Å². The largest absolute Gasteiger partial charge is 0.323 e. The number of halogens is 2. The van der Waals surface area contributed by atoms with Crippen LogP contribution in [0.15, 0.2) is 36.4 Å². The number of anilines is 2. The number of rotatable bonds is 5. The second-order valence-corrected chi connectivity index (χ2v) is 8.82. The standard InChI is InChI=1S/C18H20Cl2N2O3S/c1-11-8-12(2)10-14(9-11)22(26(4,24)25)13(3)18(23)21-16-7-5-6-15(19)17(16)20/h5-10,13H,1-4H3,(H,21,23)/t13-/m0/s1. The second kappa shape index (κ2) is 7.86. The van der Waals surface area contributed by atoms with Crippen molar-refractivity contribution in [2.75, 3.05) is 15.9 Å². The summed E-state index contributed by atoms with van der Waals surface area (Å²) in [5.41, 5.74) is 2.56. The summed E-state index contributed by atoms with van der Waals surface area (Å²) in [6.07, 6.45) is 1.07. The predicted octanol–water partition coefficient (Wildman–Crippen LogP) is 4.40. The Morgan fingerprint density at radius 1 is 1.12 bits per heavy atom. The van der Waals surface area contributed by atoms with Gasteiger partial charge in [-0.15, -0.1) is 0 Å². The van der Waals surface area contributed by atoms with Gasteiger partial charge >= 0.3 is 0 Å². The molecule has 0 saturated heterocycles. The number of carbonyl (C=O) groups excluding carboxylic acids is 1. The van der Waals surface area contributed by atoms with Crippen molar-refractivity contribution < 1.29 is 13.2 Å². The number of hydrogen-bond donors (Lipinski definition) is 1. The fraction of sp³-hybridized carbons (Fsp3) is 0.278. The van der Waals surface area contributed by atoms with Crippen LogP contribution in [0.5, 0.6) is 0 Å². The molecule has 0 fully saturated rings. The zero-order chi connectivity index (χ0) is 19.6. The summed E-state index contributed by atoms with van der Waals surface area (Å²) in [5, 5.41) is 3.14. The first-order valence-corrected chi connectivity index (χ1v) is 10.4. The van der Waals surface area contributed by atoms with Crippen LogP contribution in [0.3, 0.4) is 0 Å². The van der Waals surface area contributed by atoms with Crippen LogP contribution in [0, 0.1) is 13.8 Å². The van der Waals surface area contributed by atoms with Crippen LogP contribution in [0.1, 0.15) is 18.1 Å². The molecule has 0 aliphatic carbocycles. The van der Waals surface area contributed by atoms with Gasteiger partial charge in [0.05, 0.1) is 27.7 Å². The smallest absolute Gasteiger partial charge is 0.248 e. The number of aryl methyl sites for hydroxylation is 2. The van der Waals surface area contributed by atoms with Crippen LogP contribution in [0.25, 0.3) is 0 Å². The molecular weight excluding hydrogens is 395 g/mol. The first-order valence-electron chi connectivity index (χ1n) is 7.83. The highest BCUT2D eigenvalue weighted by atomic mass is 35.5. The summed E-state index contributed by atoms with van der Waals surface area (Å²) in [5.74, 6) is -0.515. The van der Waals surface area contributed by atoms with Crippen molar-refractivity contribution >= 4 is 50.5 Å². The lowest BCUT2D eigenvalue weighted by atomic mass is 10.1. The van der Waals surface area contributed by atoms with Crippen LogP contribution in [-0.4, -0.2) is 26.6 Å². The Morgan fingerprint density at radius 3 is 2.23 bits per heavy atom. The van der Waals surface area contributed by atoms with E-state index in [9.17, 15) is 13.2 Å². The minimum Gasteiger partial charge on any atom is -0.323 e. The van der Waals surface area contributed by atoms with Gasteiger partial charge in [0.15, 0.2) is 0 Å². The van der Waals surface area contributed by atoms with Gasteiger partial charge < -0.3 is 5.32 Å². The average Bonchev–Trinajstić information content (AvgIpc) is 2.49. The minimum atomic E-state index is -3.69. The Bertz CT molecular complexity index is 925. The van der Waals surface area contributed by atoms with E-state index in [0.29, 0.717) is 16.4 Å². The van der Waals surface area contributed by atoms with Gasteiger partial charge in [-0.2, -0.15) is 0 Å². The third-order valence-corrected chi connectivity index (χ3v) is 5.82. The van der Waals surface area contributed by atoms with Crippen molar-refractivity contribution in [1.82, 2.24) is 0 Å². The van der Waals surface area contributed by atoms with Crippen molar-refractivity contribution in [2.24, 2.45) is 0 Å². The Balaban J connectivity index is 2.39. The monoisotopic (exact) mass is 414 g/mol. The summed E-state index contributed by atoms with van der Waals surface area (Å²) < 4.78 is 25.8. The van der Waals surface area contributed by atoms with E-state index < -0.39 is 22.0 Å². The number of amides is 1. The molecule has 0 saturated carbocycles. The second-order valence-electron chi connectivity index (χ2n) is 6.17. The molecular formula is C18H20Cl2N2O3S. The molecule has 2 aromatic carbocycles. The summed E-state index contributed by atoms with van der Waals surface area (Å²) in [7, 11) is -3.69. The average molecular weight is 415 g/mol. The first kappa shape index (κ1) is 20.6. The molecule has 0 radical (unpaired) electrons. The maximum absolute atomic E-state index is 12.7. The van der Waals surface area contributed by atoms with Gasteiger partial charge in [0, 0.05) is 0 Å². The lowest BCUT2D eigenvalue weighted by Gasteiger charge is -2.29. The summed E-state index contributed by atoms with van der Waals surface area (Å²) in [6, 6.07) is 9.24. The molecule has 0 aliphatic heterocycles. The molecule has 2 rings (SSSR count). The van der Waals surface area contributed by atoms with Crippen molar-refractivity contribution in [3.63, 3.8) is 0 Å². The van der Waals surface area contributed by atoms with Crippen LogP contribution in [-0.2, 0) is 14.8 Å². The lowest BCUT2D eigenvalue weighted by Crippen LogP contribution is -2.45. The number of benzene rings is 2. The van der Waals surface area contributed by atoms with Crippen LogP contribution in [0.4, 0.5) is 11.4 Å². The third-order valence-electron chi connectivity index (χ3n) is 3.76. The van der Waals surface area contributed by atoms with E-state index in [1.807, 2.05) is 19.9 Å². The van der Waals surface area contributed by atoms with E-state index in [1.165, 1.54) is 6.92 Å². The summed E-state index contributed by atoms with van der Waals surface area (Å²) in [6.45, 7) is 5.26. The lowest BCUT2D eigenvalue weighted by molar-refractivity contribution is -0.116. The quantitative estimate of drug-likeness (QED) is 0.787. The maximum atomic E-state index is 12.7. The molecule has 0 aromatic heterocycles. The fourth-order valence-corrected chi connectivity index (χ4v) is 4.23. The molecule has 2 aromatic rings. The fourth-order valence-electron chi connectivity index (χ4n) is 2.72.